The fraction of sp³-hybridized carbons (Fsp3) is 0.524. The van der Waals surface area contributed by atoms with Crippen molar-refractivity contribution in [1.29, 1.82) is 0 Å². The number of carbonyl (C=O) groups excluding carboxylic acids is 1. The summed E-state index contributed by atoms with van der Waals surface area (Å²) < 4.78 is 5.41. The monoisotopic (exact) mass is 381 g/mol. The van der Waals surface area contributed by atoms with Gasteiger partial charge in [-0.1, -0.05) is 6.07 Å². The maximum atomic E-state index is 12.5. The second-order valence-corrected chi connectivity index (χ2v) is 7.80. The highest BCUT2D eigenvalue weighted by atomic mass is 16.5. The third-order valence-corrected chi connectivity index (χ3v) is 5.91. The molecular formula is C21H27N5O2. The average Bonchev–Trinajstić information content (AvgIpc) is 2.75. The van der Waals surface area contributed by atoms with E-state index in [1.54, 1.807) is 19.5 Å². The fourth-order valence-corrected chi connectivity index (χ4v) is 4.50. The zero-order valence-electron chi connectivity index (χ0n) is 16.4. The van der Waals surface area contributed by atoms with E-state index >= 15 is 0 Å². The standard InChI is InChI=1S/C21H27N5O2/c1-28-20-19(23-11-12-24-20)26-13-4-8-21(16-26)9-6-18(27)25(15-21)14-7-17-5-2-3-10-22-17/h2-3,5,10-12H,4,6-9,13-16H2,1H3. The van der Waals surface area contributed by atoms with Crippen molar-refractivity contribution in [3.63, 3.8) is 0 Å². The molecule has 1 atom stereocenters. The van der Waals surface area contributed by atoms with E-state index in [0.717, 1.165) is 63.4 Å². The molecule has 0 N–H and O–H groups in total. The van der Waals surface area contributed by atoms with Gasteiger partial charge >= 0.3 is 0 Å². The molecule has 1 spiro atoms. The van der Waals surface area contributed by atoms with Crippen LogP contribution in [0.2, 0.25) is 0 Å². The van der Waals surface area contributed by atoms with Crippen LogP contribution in [0.1, 0.15) is 31.4 Å². The number of anilines is 1. The van der Waals surface area contributed by atoms with Gasteiger partial charge in [-0.25, -0.2) is 9.97 Å². The second-order valence-electron chi connectivity index (χ2n) is 7.80. The first kappa shape index (κ1) is 18.7. The predicted octanol–water partition coefficient (Wildman–Crippen LogP) is 2.33. The number of ether oxygens (including phenoxy) is 1. The number of methoxy groups -OCH3 is 1. The molecule has 0 radical (unpaired) electrons. The van der Waals surface area contributed by atoms with Crippen molar-refractivity contribution in [2.45, 2.75) is 32.1 Å². The molecule has 7 heteroatoms. The molecular weight excluding hydrogens is 354 g/mol. The van der Waals surface area contributed by atoms with E-state index < -0.39 is 0 Å². The Morgan fingerprint density at radius 2 is 2.00 bits per heavy atom. The molecule has 1 amide bonds. The number of pyridine rings is 1. The highest BCUT2D eigenvalue weighted by Gasteiger charge is 2.42. The average molecular weight is 381 g/mol. The van der Waals surface area contributed by atoms with Gasteiger partial charge in [-0.05, 0) is 31.4 Å². The topological polar surface area (TPSA) is 71.5 Å². The maximum absolute atomic E-state index is 12.5. The molecule has 2 aromatic heterocycles. The first-order chi connectivity index (χ1) is 13.7. The Hall–Kier alpha value is -2.70. The minimum atomic E-state index is 0.110. The van der Waals surface area contributed by atoms with Crippen LogP contribution < -0.4 is 9.64 Å². The molecule has 28 heavy (non-hydrogen) atoms. The van der Waals surface area contributed by atoms with Crippen molar-refractivity contribution in [2.24, 2.45) is 5.41 Å². The summed E-state index contributed by atoms with van der Waals surface area (Å²) in [4.78, 5) is 30.1. The summed E-state index contributed by atoms with van der Waals surface area (Å²) in [6, 6.07) is 5.93. The molecule has 1 unspecified atom stereocenters. The van der Waals surface area contributed by atoms with E-state index in [2.05, 4.69) is 19.9 Å². The fourth-order valence-electron chi connectivity index (χ4n) is 4.50. The maximum Gasteiger partial charge on any atom is 0.257 e. The van der Waals surface area contributed by atoms with Crippen molar-refractivity contribution >= 4 is 11.7 Å². The van der Waals surface area contributed by atoms with E-state index in [1.165, 1.54) is 0 Å². The van der Waals surface area contributed by atoms with Crippen LogP contribution in [0.25, 0.3) is 0 Å². The minimum absolute atomic E-state index is 0.110. The van der Waals surface area contributed by atoms with Gasteiger partial charge in [-0.3, -0.25) is 9.78 Å². The van der Waals surface area contributed by atoms with Crippen LogP contribution in [0.15, 0.2) is 36.8 Å². The third-order valence-electron chi connectivity index (χ3n) is 5.91. The van der Waals surface area contributed by atoms with Gasteiger partial charge in [0, 0.05) is 68.7 Å². The van der Waals surface area contributed by atoms with Crippen molar-refractivity contribution in [3.05, 3.63) is 42.5 Å². The van der Waals surface area contributed by atoms with Crippen LogP contribution >= 0.6 is 0 Å². The molecule has 148 valence electrons. The third kappa shape index (κ3) is 3.93. The molecule has 0 saturated carbocycles. The molecule has 4 rings (SSSR count). The van der Waals surface area contributed by atoms with Crippen molar-refractivity contribution < 1.29 is 9.53 Å². The van der Waals surface area contributed by atoms with Crippen LogP contribution in [0, 0.1) is 5.41 Å². The van der Waals surface area contributed by atoms with Crippen molar-refractivity contribution in [2.75, 3.05) is 38.2 Å². The lowest BCUT2D eigenvalue weighted by molar-refractivity contribution is -0.137. The highest BCUT2D eigenvalue weighted by Crippen LogP contribution is 2.41. The lowest BCUT2D eigenvalue weighted by Gasteiger charge is -2.48. The molecule has 2 aromatic rings. The Labute approximate surface area is 165 Å². The number of amides is 1. The SMILES string of the molecule is COc1nccnc1N1CCCC2(CCC(=O)N(CCc3ccccn3)C2)C1. The van der Waals surface area contributed by atoms with E-state index in [0.29, 0.717) is 12.3 Å². The van der Waals surface area contributed by atoms with Crippen LogP contribution in [-0.2, 0) is 11.2 Å². The van der Waals surface area contributed by atoms with Crippen molar-refractivity contribution in [3.8, 4) is 5.88 Å². The Balaban J connectivity index is 1.46. The molecule has 2 aliphatic heterocycles. The predicted molar refractivity (Wildman–Crippen MR) is 106 cm³/mol. The lowest BCUT2D eigenvalue weighted by Crippen LogP contribution is -2.54. The highest BCUT2D eigenvalue weighted by molar-refractivity contribution is 5.77. The van der Waals surface area contributed by atoms with Gasteiger partial charge < -0.3 is 14.5 Å². The summed E-state index contributed by atoms with van der Waals surface area (Å²) in [5.41, 5.74) is 1.14. The number of hydrogen-bond acceptors (Lipinski definition) is 6. The van der Waals surface area contributed by atoms with Gasteiger partial charge in [0.25, 0.3) is 5.88 Å². The van der Waals surface area contributed by atoms with Gasteiger partial charge in [0.1, 0.15) is 0 Å². The molecule has 0 bridgehead atoms. The normalized spacial score (nSPS) is 22.5. The molecule has 4 heterocycles. The molecule has 2 fully saturated rings. The smallest absolute Gasteiger partial charge is 0.257 e. The Morgan fingerprint density at radius 1 is 1.11 bits per heavy atom. The number of piperidine rings is 2. The zero-order chi connectivity index (χ0) is 19.4. The molecule has 0 aromatic carbocycles. The quantitative estimate of drug-likeness (QED) is 0.792. The molecule has 2 saturated heterocycles. The van der Waals surface area contributed by atoms with E-state index in [1.807, 2.05) is 29.3 Å². The summed E-state index contributed by atoms with van der Waals surface area (Å²) in [6.07, 6.45) is 9.75. The van der Waals surface area contributed by atoms with E-state index in [4.69, 9.17) is 4.74 Å². The van der Waals surface area contributed by atoms with Gasteiger partial charge in [-0.2, -0.15) is 0 Å². The van der Waals surface area contributed by atoms with E-state index in [9.17, 15) is 4.79 Å². The number of likely N-dealkylation sites (tertiary alicyclic amines) is 1. The zero-order valence-corrected chi connectivity index (χ0v) is 16.4. The van der Waals surface area contributed by atoms with Gasteiger partial charge in [-0.15, -0.1) is 0 Å². The van der Waals surface area contributed by atoms with E-state index in [-0.39, 0.29) is 11.3 Å². The number of aromatic nitrogens is 3. The van der Waals surface area contributed by atoms with Crippen LogP contribution in [0.3, 0.4) is 0 Å². The van der Waals surface area contributed by atoms with Gasteiger partial charge in [0.2, 0.25) is 5.91 Å². The lowest BCUT2D eigenvalue weighted by atomic mass is 9.73. The number of nitrogens with zero attached hydrogens (tertiary/aromatic N) is 5. The Bertz CT molecular complexity index is 815. The summed E-state index contributed by atoms with van der Waals surface area (Å²) in [6.45, 7) is 3.36. The number of rotatable bonds is 5. The van der Waals surface area contributed by atoms with Crippen LogP contribution in [0.5, 0.6) is 5.88 Å². The molecule has 2 aliphatic rings. The number of hydrogen-bond donors (Lipinski definition) is 0. The first-order valence-electron chi connectivity index (χ1n) is 9.97. The second kappa shape index (κ2) is 8.12. The van der Waals surface area contributed by atoms with Gasteiger partial charge in [0.05, 0.1) is 7.11 Å². The minimum Gasteiger partial charge on any atom is -0.478 e. The molecule has 0 aliphatic carbocycles. The summed E-state index contributed by atoms with van der Waals surface area (Å²) in [5, 5.41) is 0. The van der Waals surface area contributed by atoms with Crippen LogP contribution in [-0.4, -0.2) is 59.0 Å². The van der Waals surface area contributed by atoms with Gasteiger partial charge in [0.15, 0.2) is 5.82 Å². The van der Waals surface area contributed by atoms with Crippen molar-refractivity contribution in [1.82, 2.24) is 19.9 Å². The summed E-state index contributed by atoms with van der Waals surface area (Å²) in [7, 11) is 1.63. The Morgan fingerprint density at radius 3 is 2.82 bits per heavy atom. The first-order valence-corrected chi connectivity index (χ1v) is 9.97. The Kier molecular flexibility index (Phi) is 5.41. The molecule has 7 nitrogen and oxygen atoms in total. The summed E-state index contributed by atoms with van der Waals surface area (Å²) >= 11 is 0. The number of carbonyl (C=O) groups is 1. The van der Waals surface area contributed by atoms with Crippen LogP contribution in [0.4, 0.5) is 5.82 Å². The largest absolute Gasteiger partial charge is 0.478 e. The summed E-state index contributed by atoms with van der Waals surface area (Å²) in [5.74, 6) is 1.63.